The highest BCUT2D eigenvalue weighted by atomic mass is 19.2. The summed E-state index contributed by atoms with van der Waals surface area (Å²) in [4.78, 5) is 11.0. The van der Waals surface area contributed by atoms with E-state index in [1.165, 1.54) is 6.07 Å². The van der Waals surface area contributed by atoms with Crippen molar-refractivity contribution < 1.29 is 18.3 Å². The molecule has 1 N–H and O–H groups in total. The predicted octanol–water partition coefficient (Wildman–Crippen LogP) is 3.15. The fourth-order valence-corrected chi connectivity index (χ4v) is 3.36. The highest BCUT2D eigenvalue weighted by molar-refractivity contribution is 5.59. The van der Waals surface area contributed by atoms with Crippen LogP contribution in [-0.2, 0) is 9.47 Å². The summed E-state index contributed by atoms with van der Waals surface area (Å²) < 4.78 is 38.0. The van der Waals surface area contributed by atoms with Crippen molar-refractivity contribution in [2.75, 3.05) is 36.5 Å². The summed E-state index contributed by atoms with van der Waals surface area (Å²) in [6.07, 6.45) is 1.56. The number of halogens is 2. The Kier molecular flexibility index (Phi) is 4.46. The molecule has 1 aromatic carbocycles. The molecule has 4 rings (SSSR count). The number of ether oxygens (including phenoxy) is 2. The van der Waals surface area contributed by atoms with Crippen LogP contribution in [0.4, 0.5) is 26.1 Å². The lowest BCUT2D eigenvalue weighted by Crippen LogP contribution is -2.45. The smallest absolute Gasteiger partial charge is 0.171 e. The van der Waals surface area contributed by atoms with Crippen LogP contribution in [0.25, 0.3) is 0 Å². The van der Waals surface area contributed by atoms with Gasteiger partial charge in [0.25, 0.3) is 0 Å². The topological polar surface area (TPSA) is 59.5 Å². The maximum absolute atomic E-state index is 13.4. The van der Waals surface area contributed by atoms with Crippen LogP contribution in [0.15, 0.2) is 24.3 Å². The standard InChI is InChI=1S/C18H20F2N4O2/c1-12-21-16(23-13-2-3-14(19)15(20)10-13)11-17(22-12)24-6-4-18(5-7-24)25-8-9-26-18/h2-3,10-11H,4-9H2,1H3,(H,21,22,23). The van der Waals surface area contributed by atoms with Crippen molar-refractivity contribution in [3.05, 3.63) is 41.7 Å². The predicted molar refractivity (Wildman–Crippen MR) is 92.5 cm³/mol. The quantitative estimate of drug-likeness (QED) is 0.905. The molecule has 2 aliphatic heterocycles. The summed E-state index contributed by atoms with van der Waals surface area (Å²) >= 11 is 0. The highest BCUT2D eigenvalue weighted by Crippen LogP contribution is 2.33. The van der Waals surface area contributed by atoms with E-state index >= 15 is 0 Å². The Morgan fingerprint density at radius 3 is 2.46 bits per heavy atom. The third-order valence-corrected chi connectivity index (χ3v) is 4.68. The summed E-state index contributed by atoms with van der Waals surface area (Å²) in [7, 11) is 0. The molecule has 2 fully saturated rings. The molecule has 0 amide bonds. The normalized spacial score (nSPS) is 19.1. The molecular formula is C18H20F2N4O2. The molecule has 138 valence electrons. The van der Waals surface area contributed by atoms with Gasteiger partial charge in [0, 0.05) is 43.8 Å². The van der Waals surface area contributed by atoms with Gasteiger partial charge in [0.1, 0.15) is 17.5 Å². The molecule has 3 heterocycles. The van der Waals surface area contributed by atoms with Gasteiger partial charge in [0.15, 0.2) is 17.4 Å². The molecule has 0 aliphatic carbocycles. The molecule has 0 atom stereocenters. The van der Waals surface area contributed by atoms with Crippen LogP contribution in [0.2, 0.25) is 0 Å². The van der Waals surface area contributed by atoms with E-state index in [0.29, 0.717) is 30.5 Å². The lowest BCUT2D eigenvalue weighted by molar-refractivity contribution is -0.169. The first-order valence-corrected chi connectivity index (χ1v) is 8.64. The first-order valence-electron chi connectivity index (χ1n) is 8.64. The Balaban J connectivity index is 1.50. The van der Waals surface area contributed by atoms with Gasteiger partial charge in [0.05, 0.1) is 13.2 Å². The summed E-state index contributed by atoms with van der Waals surface area (Å²) in [5.74, 6) is -0.304. The maximum atomic E-state index is 13.4. The van der Waals surface area contributed by atoms with E-state index < -0.39 is 17.4 Å². The largest absolute Gasteiger partial charge is 0.356 e. The van der Waals surface area contributed by atoms with Gasteiger partial charge in [-0.1, -0.05) is 0 Å². The van der Waals surface area contributed by atoms with Crippen LogP contribution < -0.4 is 10.2 Å². The Morgan fingerprint density at radius 1 is 1.04 bits per heavy atom. The summed E-state index contributed by atoms with van der Waals surface area (Å²) in [6.45, 7) is 4.63. The van der Waals surface area contributed by atoms with Crippen LogP contribution in [0.1, 0.15) is 18.7 Å². The number of anilines is 3. The van der Waals surface area contributed by atoms with Crippen LogP contribution >= 0.6 is 0 Å². The zero-order valence-electron chi connectivity index (χ0n) is 14.5. The lowest BCUT2D eigenvalue weighted by atomic mass is 10.0. The number of benzene rings is 1. The van der Waals surface area contributed by atoms with Gasteiger partial charge in [-0.25, -0.2) is 18.7 Å². The Bertz CT molecular complexity index is 802. The second kappa shape index (κ2) is 6.77. The maximum Gasteiger partial charge on any atom is 0.171 e. The molecule has 8 heteroatoms. The van der Waals surface area contributed by atoms with Crippen molar-refractivity contribution in [1.82, 2.24) is 9.97 Å². The number of rotatable bonds is 3. The van der Waals surface area contributed by atoms with Crippen LogP contribution in [0.3, 0.4) is 0 Å². The fraction of sp³-hybridized carbons (Fsp3) is 0.444. The van der Waals surface area contributed by atoms with Crippen molar-refractivity contribution >= 4 is 17.3 Å². The fourth-order valence-electron chi connectivity index (χ4n) is 3.36. The van der Waals surface area contributed by atoms with Gasteiger partial charge < -0.3 is 19.7 Å². The van der Waals surface area contributed by atoms with E-state index in [9.17, 15) is 8.78 Å². The second-order valence-corrected chi connectivity index (χ2v) is 6.51. The second-order valence-electron chi connectivity index (χ2n) is 6.51. The van der Waals surface area contributed by atoms with Gasteiger partial charge in [-0.2, -0.15) is 0 Å². The Hall–Kier alpha value is -2.32. The van der Waals surface area contributed by atoms with E-state index in [2.05, 4.69) is 20.2 Å². The zero-order valence-corrected chi connectivity index (χ0v) is 14.5. The molecule has 0 saturated carbocycles. The molecular weight excluding hydrogens is 342 g/mol. The molecule has 2 aliphatic rings. The number of piperidine rings is 1. The van der Waals surface area contributed by atoms with Crippen LogP contribution in [0, 0.1) is 18.6 Å². The van der Waals surface area contributed by atoms with Crippen molar-refractivity contribution in [1.29, 1.82) is 0 Å². The molecule has 2 saturated heterocycles. The van der Waals surface area contributed by atoms with Crippen LogP contribution in [0.5, 0.6) is 0 Å². The molecule has 0 bridgehead atoms. The minimum Gasteiger partial charge on any atom is -0.356 e. The van der Waals surface area contributed by atoms with Crippen molar-refractivity contribution in [2.45, 2.75) is 25.6 Å². The SMILES string of the molecule is Cc1nc(Nc2ccc(F)c(F)c2)cc(N2CCC3(CC2)OCCO3)n1. The van der Waals surface area contributed by atoms with Crippen molar-refractivity contribution in [2.24, 2.45) is 0 Å². The summed E-state index contributed by atoms with van der Waals surface area (Å²) in [5.41, 5.74) is 0.429. The average molecular weight is 362 g/mol. The monoisotopic (exact) mass is 362 g/mol. The summed E-state index contributed by atoms with van der Waals surface area (Å²) in [5, 5.41) is 3.01. The van der Waals surface area contributed by atoms with E-state index in [0.717, 1.165) is 43.9 Å². The molecule has 26 heavy (non-hydrogen) atoms. The molecule has 0 radical (unpaired) electrons. The number of hydrogen-bond donors (Lipinski definition) is 1. The molecule has 2 aromatic rings. The van der Waals surface area contributed by atoms with Gasteiger partial charge in [0.2, 0.25) is 0 Å². The third-order valence-electron chi connectivity index (χ3n) is 4.68. The molecule has 1 aromatic heterocycles. The van der Waals surface area contributed by atoms with Crippen molar-refractivity contribution in [3.8, 4) is 0 Å². The van der Waals surface area contributed by atoms with Crippen molar-refractivity contribution in [3.63, 3.8) is 0 Å². The van der Waals surface area contributed by atoms with E-state index in [1.54, 1.807) is 6.92 Å². The highest BCUT2D eigenvalue weighted by Gasteiger charge is 2.40. The number of aromatic nitrogens is 2. The lowest BCUT2D eigenvalue weighted by Gasteiger charge is -2.38. The molecule has 6 nitrogen and oxygen atoms in total. The first kappa shape index (κ1) is 17.1. The van der Waals surface area contributed by atoms with Gasteiger partial charge in [-0.3, -0.25) is 0 Å². The molecule has 1 spiro atoms. The van der Waals surface area contributed by atoms with Crippen LogP contribution in [-0.4, -0.2) is 42.1 Å². The number of aryl methyl sites for hydroxylation is 1. The zero-order chi connectivity index (χ0) is 18.1. The average Bonchev–Trinajstić information content (AvgIpc) is 3.06. The van der Waals surface area contributed by atoms with E-state index in [-0.39, 0.29) is 0 Å². The number of nitrogens with one attached hydrogen (secondary N) is 1. The van der Waals surface area contributed by atoms with E-state index in [1.807, 2.05) is 6.07 Å². The Labute approximate surface area is 150 Å². The number of nitrogens with zero attached hydrogens (tertiary/aromatic N) is 3. The third kappa shape index (κ3) is 3.47. The van der Waals surface area contributed by atoms with Gasteiger partial charge in [-0.05, 0) is 19.1 Å². The van der Waals surface area contributed by atoms with E-state index in [4.69, 9.17) is 9.47 Å². The van der Waals surface area contributed by atoms with Gasteiger partial charge >= 0.3 is 0 Å². The summed E-state index contributed by atoms with van der Waals surface area (Å²) in [6, 6.07) is 5.46. The first-order chi connectivity index (χ1) is 12.5. The van der Waals surface area contributed by atoms with Gasteiger partial charge in [-0.15, -0.1) is 0 Å². The minimum atomic E-state index is -0.904. The Morgan fingerprint density at radius 2 is 1.77 bits per heavy atom. The number of hydrogen-bond acceptors (Lipinski definition) is 6. The molecule has 0 unspecified atom stereocenters. The minimum absolute atomic E-state index is 0.429.